The zero-order valence-electron chi connectivity index (χ0n) is 27.8. The second-order valence-corrected chi connectivity index (χ2v) is 12.0. The first-order valence-electron chi connectivity index (χ1n) is 16.3. The summed E-state index contributed by atoms with van der Waals surface area (Å²) in [5, 5.41) is 10.1. The van der Waals surface area contributed by atoms with E-state index in [0.29, 0.717) is 16.7 Å². The highest BCUT2D eigenvalue weighted by Gasteiger charge is 2.38. The minimum Gasteiger partial charge on any atom is -0.481 e. The van der Waals surface area contributed by atoms with Crippen molar-refractivity contribution in [3.8, 4) is 11.5 Å². The van der Waals surface area contributed by atoms with Gasteiger partial charge in [0.1, 0.15) is 12.1 Å². The van der Waals surface area contributed by atoms with E-state index >= 15 is 0 Å². The van der Waals surface area contributed by atoms with Crippen LogP contribution in [0.15, 0.2) is 78.9 Å². The van der Waals surface area contributed by atoms with Crippen molar-refractivity contribution in [2.75, 3.05) is 13.1 Å². The molecule has 49 heavy (non-hydrogen) atoms. The van der Waals surface area contributed by atoms with Crippen LogP contribution in [0.25, 0.3) is 0 Å². The van der Waals surface area contributed by atoms with Gasteiger partial charge in [-0.15, -0.1) is 0 Å². The molecule has 2 fully saturated rings. The average molecular weight is 675 g/mol. The molecule has 0 bridgehead atoms. The Morgan fingerprint density at radius 2 is 1.41 bits per heavy atom. The number of nitrogens with zero attached hydrogens (tertiary/aromatic N) is 1. The molecule has 2 aliphatic heterocycles. The molecule has 0 spiro atoms. The van der Waals surface area contributed by atoms with Crippen molar-refractivity contribution in [3.63, 3.8) is 0 Å². The quantitative estimate of drug-likeness (QED) is 0.209. The lowest BCUT2D eigenvalue weighted by atomic mass is 10.0. The predicted molar refractivity (Wildman–Crippen MR) is 179 cm³/mol. The summed E-state index contributed by atoms with van der Waals surface area (Å²) in [7, 11) is 0. The molecule has 12 nitrogen and oxygen atoms in total. The Kier molecular flexibility index (Phi) is 13.3. The van der Waals surface area contributed by atoms with Crippen LogP contribution < -0.4 is 14.8 Å². The fraction of sp³-hybridized carbons (Fsp3) is 0.378. The number of hydrogen-bond acceptors (Lipinski definition) is 10. The van der Waals surface area contributed by atoms with E-state index in [2.05, 4.69) is 10.2 Å². The number of carbonyl (C=O) groups is 5. The molecule has 0 aromatic heterocycles. The summed E-state index contributed by atoms with van der Waals surface area (Å²) >= 11 is 0. The molecule has 260 valence electrons. The average Bonchev–Trinajstić information content (AvgIpc) is 3.48. The number of benzene rings is 3. The molecule has 3 aromatic rings. The molecular formula is C37H42N2O10. The van der Waals surface area contributed by atoms with E-state index < -0.39 is 42.1 Å². The number of carboxylic acids is 1. The molecule has 0 radical (unpaired) electrons. The lowest BCUT2D eigenvalue weighted by Gasteiger charge is -2.32. The van der Waals surface area contributed by atoms with Crippen molar-refractivity contribution < 1.29 is 48.0 Å². The first kappa shape index (κ1) is 36.6. The van der Waals surface area contributed by atoms with Gasteiger partial charge >= 0.3 is 24.0 Å². The number of ether oxygens (including phenoxy) is 4. The third-order valence-corrected chi connectivity index (χ3v) is 7.85. The van der Waals surface area contributed by atoms with Gasteiger partial charge in [0, 0.05) is 25.9 Å². The van der Waals surface area contributed by atoms with Crippen LogP contribution in [0.5, 0.6) is 11.5 Å². The fourth-order valence-corrected chi connectivity index (χ4v) is 5.71. The fourth-order valence-electron chi connectivity index (χ4n) is 5.71. The van der Waals surface area contributed by atoms with E-state index in [0.717, 1.165) is 45.7 Å². The maximum Gasteiger partial charge on any atom is 0.408 e. The number of esters is 3. The molecule has 12 heteroatoms. The largest absolute Gasteiger partial charge is 0.481 e. The molecule has 2 heterocycles. The highest BCUT2D eigenvalue weighted by molar-refractivity contribution is 5.93. The Morgan fingerprint density at radius 1 is 0.816 bits per heavy atom. The number of alkyl carbamates (subject to hydrolysis) is 1. The van der Waals surface area contributed by atoms with Crippen LogP contribution in [0.1, 0.15) is 72.7 Å². The van der Waals surface area contributed by atoms with Gasteiger partial charge in [0.05, 0.1) is 17.2 Å². The maximum atomic E-state index is 13.1. The summed E-state index contributed by atoms with van der Waals surface area (Å²) in [6, 6.07) is 20.6. The molecule has 3 aromatic carbocycles. The Morgan fingerprint density at radius 3 is 2.00 bits per heavy atom. The van der Waals surface area contributed by atoms with Crippen LogP contribution >= 0.6 is 0 Å². The standard InChI is InChI=1S/C35H38N2O8.C2H4O2/c1-23(2)42-34(40)27(36-35(41)45-29-18-20-37-19-10-9-15-28(29)37)21-24-16-17-30(43-32(38)25-11-5-3-6-12-25)31(22-24)44-33(39)26-13-7-4-8-14-26;1-2(3)4/h3-8,11-14,16-17,22-23,27-29H,9-10,15,18-21H2,1-2H3,(H,36,41);1H3,(H,3,4)/t27-,28?,29?;/m0./s1. The summed E-state index contributed by atoms with van der Waals surface area (Å²) in [6.45, 7) is 6.41. The maximum absolute atomic E-state index is 13.1. The Hall–Kier alpha value is -5.23. The van der Waals surface area contributed by atoms with E-state index in [4.69, 9.17) is 28.8 Å². The first-order chi connectivity index (χ1) is 23.5. The predicted octanol–water partition coefficient (Wildman–Crippen LogP) is 5.43. The van der Waals surface area contributed by atoms with E-state index in [-0.39, 0.29) is 30.1 Å². The topological polar surface area (TPSA) is 158 Å². The van der Waals surface area contributed by atoms with Crippen molar-refractivity contribution in [1.82, 2.24) is 10.2 Å². The van der Waals surface area contributed by atoms with Gasteiger partial charge in [0.25, 0.3) is 5.97 Å². The van der Waals surface area contributed by atoms with Crippen LogP contribution in [0.2, 0.25) is 0 Å². The van der Waals surface area contributed by atoms with Gasteiger partial charge in [0.2, 0.25) is 0 Å². The molecule has 5 rings (SSSR count). The second kappa shape index (κ2) is 17.8. The monoisotopic (exact) mass is 674 g/mol. The minimum atomic E-state index is -1.08. The Balaban J connectivity index is 0.00000128. The van der Waals surface area contributed by atoms with Crippen LogP contribution in [-0.4, -0.2) is 77.4 Å². The van der Waals surface area contributed by atoms with Crippen molar-refractivity contribution in [3.05, 3.63) is 95.6 Å². The smallest absolute Gasteiger partial charge is 0.408 e. The summed E-state index contributed by atoms with van der Waals surface area (Å²) in [4.78, 5) is 63.4. The van der Waals surface area contributed by atoms with Crippen LogP contribution in [0.3, 0.4) is 0 Å². The number of fused-ring (bicyclic) bond motifs is 1. The molecule has 0 saturated carbocycles. The molecule has 2 N–H and O–H groups in total. The minimum absolute atomic E-state index is 0.00364. The van der Waals surface area contributed by atoms with Gasteiger partial charge in [0.15, 0.2) is 11.5 Å². The zero-order valence-corrected chi connectivity index (χ0v) is 27.8. The number of piperidine rings is 1. The lowest BCUT2D eigenvalue weighted by Crippen LogP contribution is -2.47. The third kappa shape index (κ3) is 11.2. The zero-order chi connectivity index (χ0) is 35.3. The number of carbonyl (C=O) groups excluding carboxylic acids is 4. The normalized spacial score (nSPS) is 17.4. The number of rotatable bonds is 10. The van der Waals surface area contributed by atoms with Crippen LogP contribution in [0, 0.1) is 0 Å². The third-order valence-electron chi connectivity index (χ3n) is 7.85. The van der Waals surface area contributed by atoms with Crippen LogP contribution in [-0.2, 0) is 25.5 Å². The van der Waals surface area contributed by atoms with E-state index in [1.165, 1.54) is 12.1 Å². The molecule has 0 aliphatic carbocycles. The molecular weight excluding hydrogens is 632 g/mol. The first-order valence-corrected chi connectivity index (χ1v) is 16.3. The van der Waals surface area contributed by atoms with Crippen molar-refractivity contribution in [1.29, 1.82) is 0 Å². The van der Waals surface area contributed by atoms with Crippen LogP contribution in [0.4, 0.5) is 4.79 Å². The van der Waals surface area contributed by atoms with Gasteiger partial charge in [-0.2, -0.15) is 0 Å². The number of nitrogens with one attached hydrogen (secondary N) is 1. The van der Waals surface area contributed by atoms with Gasteiger partial charge in [-0.25, -0.2) is 19.2 Å². The van der Waals surface area contributed by atoms with Crippen molar-refractivity contribution in [2.24, 2.45) is 0 Å². The number of carboxylic acid groups (broad SMARTS) is 1. The number of hydrogen-bond donors (Lipinski definition) is 2. The molecule has 2 aliphatic rings. The van der Waals surface area contributed by atoms with Gasteiger partial charge in [-0.05, 0) is 81.6 Å². The highest BCUT2D eigenvalue weighted by Crippen LogP contribution is 2.32. The molecule has 1 amide bonds. The highest BCUT2D eigenvalue weighted by atomic mass is 16.6. The summed E-state index contributed by atoms with van der Waals surface area (Å²) in [5.41, 5.74) is 1.14. The summed E-state index contributed by atoms with van der Waals surface area (Å²) in [6.07, 6.45) is 2.62. The second-order valence-electron chi connectivity index (χ2n) is 12.0. The van der Waals surface area contributed by atoms with Crippen molar-refractivity contribution in [2.45, 2.75) is 77.2 Å². The van der Waals surface area contributed by atoms with Gasteiger partial charge in [-0.1, -0.05) is 48.9 Å². The lowest BCUT2D eigenvalue weighted by molar-refractivity contribution is -0.149. The number of amides is 1. The van der Waals surface area contributed by atoms with E-state index in [1.54, 1.807) is 80.6 Å². The summed E-state index contributed by atoms with van der Waals surface area (Å²) in [5.74, 6) is -2.76. The summed E-state index contributed by atoms with van der Waals surface area (Å²) < 4.78 is 22.6. The SMILES string of the molecule is CC(=O)O.CC(C)OC(=O)[C@H](Cc1ccc(OC(=O)c2ccccc2)c(OC(=O)c2ccccc2)c1)NC(=O)OC1CCN2CCCCC12. The van der Waals surface area contributed by atoms with E-state index in [9.17, 15) is 19.2 Å². The molecule has 3 atom stereocenters. The number of aliphatic carboxylic acids is 1. The van der Waals surface area contributed by atoms with Gasteiger partial charge in [-0.3, -0.25) is 9.69 Å². The van der Waals surface area contributed by atoms with E-state index in [1.807, 2.05) is 0 Å². The Labute approximate surface area is 285 Å². The van der Waals surface area contributed by atoms with Crippen molar-refractivity contribution >= 4 is 30.0 Å². The Bertz CT molecular complexity index is 1590. The molecule has 2 saturated heterocycles. The molecule has 2 unspecified atom stereocenters. The van der Waals surface area contributed by atoms with Gasteiger partial charge < -0.3 is 29.4 Å².